The number of hydrogen-bond donors (Lipinski definition) is 7. The molecule has 1 aromatic carbocycles. The second-order valence-corrected chi connectivity index (χ2v) is 7.39. The number of likely N-dealkylation sites (N-methyl/N-ethyl adjacent to an activating group) is 1. The third-order valence-electron chi connectivity index (χ3n) is 5.10. The molecule has 35 heavy (non-hydrogen) atoms. The normalized spacial score (nSPS) is 18.1. The first-order valence-electron chi connectivity index (χ1n) is 9.36. The van der Waals surface area contributed by atoms with E-state index in [9.17, 15) is 43.5 Å². The van der Waals surface area contributed by atoms with E-state index in [1.54, 1.807) is 5.32 Å². The maximum Gasteiger partial charge on any atom is 1.00 e. The van der Waals surface area contributed by atoms with Crippen LogP contribution in [0.3, 0.4) is 0 Å². The number of nitrogens with one attached hydrogen (secondary N) is 2. The number of halogens is 3. The van der Waals surface area contributed by atoms with Crippen molar-refractivity contribution in [2.75, 3.05) is 7.05 Å². The summed E-state index contributed by atoms with van der Waals surface area (Å²) in [5.41, 5.74) is -7.29. The fourth-order valence-corrected chi connectivity index (χ4v) is 3.35. The maximum atomic E-state index is 13.9. The Balaban J connectivity index is 0.00000432. The van der Waals surface area contributed by atoms with E-state index in [4.69, 9.17) is 13.3 Å². The van der Waals surface area contributed by atoms with Crippen molar-refractivity contribution in [1.29, 1.82) is 5.41 Å². The number of pyridine rings is 1. The number of amides is 1. The molecule has 10 nitrogen and oxygen atoms in total. The smallest absolute Gasteiger partial charge is 0.688 e. The van der Waals surface area contributed by atoms with E-state index in [1.165, 1.54) is 0 Å². The molecular formula is C20H17BF3KN4O6. The summed E-state index contributed by atoms with van der Waals surface area (Å²) in [7, 11) is 6.95. The summed E-state index contributed by atoms with van der Waals surface area (Å²) < 4.78 is 40.0. The Morgan fingerprint density at radius 2 is 1.91 bits per heavy atom. The van der Waals surface area contributed by atoms with Crippen molar-refractivity contribution in [3.05, 3.63) is 81.3 Å². The minimum absolute atomic E-state index is 0. The van der Waals surface area contributed by atoms with Crippen LogP contribution in [0.1, 0.15) is 39.2 Å². The second kappa shape index (κ2) is 10.4. The first kappa shape index (κ1) is 29.6. The summed E-state index contributed by atoms with van der Waals surface area (Å²) in [6.07, 6.45) is -1.33. The maximum absolute atomic E-state index is 13.9. The number of benzene rings is 1. The number of aromatic nitrogens is 1. The van der Waals surface area contributed by atoms with Gasteiger partial charge in [0, 0.05) is 11.8 Å². The Hall–Kier alpha value is -1.66. The Labute approximate surface area is 240 Å². The fraction of sp³-hybridized carbons (Fsp3) is 0.250. The summed E-state index contributed by atoms with van der Waals surface area (Å²) in [6.45, 7) is 0. The zero-order valence-corrected chi connectivity index (χ0v) is 21.4. The molecule has 0 fully saturated rings. The SMILES string of the molecule is [B]C(O)(/C(=C/C(=N)c1nccc2c1C(O)(O)C(O)(O)NC2=O)[N-]C)c1cc(F)cc(C(F)F)c1.[K+]. The second-order valence-electron chi connectivity index (χ2n) is 7.39. The molecule has 2 aromatic rings. The molecule has 0 bridgehead atoms. The average Bonchev–Trinajstić information content (AvgIpc) is 2.74. The van der Waals surface area contributed by atoms with Gasteiger partial charge in [0.25, 0.3) is 18.1 Å². The number of rotatable bonds is 6. The van der Waals surface area contributed by atoms with E-state index in [-0.39, 0.29) is 51.4 Å². The van der Waals surface area contributed by atoms with E-state index in [0.29, 0.717) is 12.1 Å². The van der Waals surface area contributed by atoms with Crippen molar-refractivity contribution >= 4 is 19.5 Å². The molecule has 7 N–H and O–H groups in total. The standard InChI is InChI=1S/C20H18BF3N4O6.K/c1-26-13(18(21,30)9-4-8(16(23)24)5-10(22)6-9)7-12(25)15-14-11(2-3-27-15)17(29)28-20(33,34)19(14,31)32;/h2-7,16,30-34H,1H3,(H3,25,26,28,29);/q;+1/p-1. The Bertz CT molecular complexity index is 1210. The predicted octanol–water partition coefficient (Wildman–Crippen LogP) is -3.05. The van der Waals surface area contributed by atoms with Crippen LogP contribution in [0.25, 0.3) is 5.32 Å². The van der Waals surface area contributed by atoms with Gasteiger partial charge in [-0.1, -0.05) is 6.08 Å². The molecule has 0 saturated heterocycles. The van der Waals surface area contributed by atoms with Gasteiger partial charge < -0.3 is 30.8 Å². The van der Waals surface area contributed by atoms with Crippen LogP contribution in [0.15, 0.2) is 42.2 Å². The number of aliphatic hydroxyl groups is 5. The number of alkyl halides is 2. The minimum atomic E-state index is -3.56. The number of carbonyl (C=O) groups is 1. The van der Waals surface area contributed by atoms with Crippen LogP contribution in [0.5, 0.6) is 0 Å². The number of allylic oxidation sites excluding steroid dienone is 1. The molecule has 15 heteroatoms. The van der Waals surface area contributed by atoms with Gasteiger partial charge in [-0.25, -0.2) is 13.2 Å². The van der Waals surface area contributed by atoms with Gasteiger partial charge in [0.2, 0.25) is 0 Å². The van der Waals surface area contributed by atoms with Crippen molar-refractivity contribution < 1.29 is 94.9 Å². The van der Waals surface area contributed by atoms with Crippen molar-refractivity contribution in [2.24, 2.45) is 0 Å². The van der Waals surface area contributed by atoms with E-state index in [0.717, 1.165) is 31.5 Å². The molecule has 2 radical (unpaired) electrons. The van der Waals surface area contributed by atoms with E-state index in [2.05, 4.69) is 10.3 Å². The zero-order chi connectivity index (χ0) is 25.6. The van der Waals surface area contributed by atoms with Gasteiger partial charge in [0.05, 0.1) is 28.0 Å². The molecular weight excluding hydrogens is 499 g/mol. The van der Waals surface area contributed by atoms with Crippen molar-refractivity contribution in [2.45, 2.75) is 23.6 Å². The van der Waals surface area contributed by atoms with Crippen LogP contribution in [0.4, 0.5) is 13.2 Å². The van der Waals surface area contributed by atoms with Gasteiger partial charge >= 0.3 is 57.3 Å². The minimum Gasteiger partial charge on any atom is -0.688 e. The van der Waals surface area contributed by atoms with Crippen LogP contribution in [0.2, 0.25) is 0 Å². The predicted molar refractivity (Wildman–Crippen MR) is 110 cm³/mol. The largest absolute Gasteiger partial charge is 1.00 e. The van der Waals surface area contributed by atoms with Crippen LogP contribution in [-0.4, -0.2) is 62.9 Å². The molecule has 0 saturated carbocycles. The molecule has 1 unspecified atom stereocenters. The quantitative estimate of drug-likeness (QED) is 0.121. The van der Waals surface area contributed by atoms with Gasteiger partial charge in [-0.2, -0.15) is 0 Å². The molecule has 1 amide bonds. The summed E-state index contributed by atoms with van der Waals surface area (Å²) in [6, 6.07) is 2.98. The van der Waals surface area contributed by atoms with Crippen LogP contribution >= 0.6 is 0 Å². The van der Waals surface area contributed by atoms with Gasteiger partial charge in [-0.05, 0) is 29.8 Å². The van der Waals surface area contributed by atoms with E-state index in [1.807, 2.05) is 0 Å². The summed E-state index contributed by atoms with van der Waals surface area (Å²) in [4.78, 5) is 15.9. The summed E-state index contributed by atoms with van der Waals surface area (Å²) in [5, 5.41) is 64.7. The van der Waals surface area contributed by atoms with Gasteiger partial charge in [0.15, 0.2) is 0 Å². The Morgan fingerprint density at radius 3 is 2.49 bits per heavy atom. The Morgan fingerprint density at radius 1 is 1.29 bits per heavy atom. The third-order valence-corrected chi connectivity index (χ3v) is 5.10. The topological polar surface area (TPSA) is 181 Å². The van der Waals surface area contributed by atoms with Crippen molar-refractivity contribution in [3.8, 4) is 0 Å². The first-order valence-corrected chi connectivity index (χ1v) is 9.36. The molecule has 2 heterocycles. The average molecular weight is 516 g/mol. The molecule has 178 valence electrons. The molecule has 1 aromatic heterocycles. The van der Waals surface area contributed by atoms with Crippen LogP contribution in [-0.2, 0) is 11.3 Å². The number of hydrogen-bond acceptors (Lipinski definition) is 8. The summed E-state index contributed by atoms with van der Waals surface area (Å²) >= 11 is 0. The monoisotopic (exact) mass is 516 g/mol. The molecule has 0 aliphatic carbocycles. The first-order chi connectivity index (χ1) is 15.6. The molecule has 1 atom stereocenters. The van der Waals surface area contributed by atoms with E-state index < -0.39 is 74.7 Å². The molecule has 1 aliphatic heterocycles. The van der Waals surface area contributed by atoms with Crippen LogP contribution < -0.4 is 56.7 Å². The number of fused-ring (bicyclic) bond motifs is 1. The van der Waals surface area contributed by atoms with Gasteiger partial charge in [-0.15, -0.1) is 12.7 Å². The molecule has 1 aliphatic rings. The fourth-order valence-electron chi connectivity index (χ4n) is 3.35. The van der Waals surface area contributed by atoms with Gasteiger partial charge in [-0.3, -0.25) is 20.5 Å². The Kier molecular flexibility index (Phi) is 8.76. The van der Waals surface area contributed by atoms with E-state index >= 15 is 0 Å². The summed E-state index contributed by atoms with van der Waals surface area (Å²) in [5.74, 6) is -9.34. The van der Waals surface area contributed by atoms with Crippen LogP contribution in [0, 0.1) is 11.2 Å². The molecule has 0 spiro atoms. The molecule has 3 rings (SSSR count). The van der Waals surface area contributed by atoms with Crippen molar-refractivity contribution in [3.63, 3.8) is 0 Å². The number of carbonyl (C=O) groups excluding carboxylic acids is 1. The zero-order valence-electron chi connectivity index (χ0n) is 18.3. The number of nitrogens with zero attached hydrogens (tertiary/aromatic N) is 2. The van der Waals surface area contributed by atoms with Gasteiger partial charge in [0.1, 0.15) is 13.7 Å². The third kappa shape index (κ3) is 5.39. The van der Waals surface area contributed by atoms with Crippen molar-refractivity contribution in [1.82, 2.24) is 10.3 Å².